The molecular formula is C14H18O2Si. The van der Waals surface area contributed by atoms with E-state index in [1.807, 2.05) is 31.7 Å². The molecule has 0 bridgehead atoms. The summed E-state index contributed by atoms with van der Waals surface area (Å²) in [6.45, 7) is 9.21. The molecule has 0 saturated carbocycles. The molecule has 2 rings (SSSR count). The zero-order valence-electron chi connectivity index (χ0n) is 10.4. The number of fused-ring (bicyclic) bond motifs is 1. The van der Waals surface area contributed by atoms with Crippen LogP contribution in [0.25, 0.3) is 11.3 Å². The average molecular weight is 246 g/mol. The molecule has 0 fully saturated rings. The van der Waals surface area contributed by atoms with Gasteiger partial charge in [-0.1, -0.05) is 24.3 Å². The van der Waals surface area contributed by atoms with E-state index in [9.17, 15) is 0 Å². The first-order chi connectivity index (χ1) is 8.27. The summed E-state index contributed by atoms with van der Waals surface area (Å²) < 4.78 is 11.8. The Balaban J connectivity index is 2.33. The van der Waals surface area contributed by atoms with Crippen LogP contribution in [0.5, 0.6) is 0 Å². The standard InChI is InChI=1S/C14H18O2Si/c1-4-15-17(6-3,16-5-2)14-11-12-9-7-8-10-13(12)14/h6-11H,3-5H2,1-2H3. The number of hydrogen-bond acceptors (Lipinski definition) is 2. The van der Waals surface area contributed by atoms with Gasteiger partial charge in [-0.15, -0.1) is 6.58 Å². The van der Waals surface area contributed by atoms with Crippen LogP contribution in [0.15, 0.2) is 36.5 Å². The largest absolute Gasteiger partial charge is 0.399 e. The van der Waals surface area contributed by atoms with Crippen LogP contribution in [0.4, 0.5) is 0 Å². The molecule has 17 heavy (non-hydrogen) atoms. The second-order valence-electron chi connectivity index (χ2n) is 3.88. The predicted octanol–water partition coefficient (Wildman–Crippen LogP) is 3.32. The van der Waals surface area contributed by atoms with Gasteiger partial charge in [-0.3, -0.25) is 0 Å². The van der Waals surface area contributed by atoms with E-state index in [0.717, 1.165) is 0 Å². The van der Waals surface area contributed by atoms with Crippen LogP contribution < -0.4 is 0 Å². The summed E-state index contributed by atoms with van der Waals surface area (Å²) in [7, 11) is -2.41. The summed E-state index contributed by atoms with van der Waals surface area (Å²) in [5.41, 5.74) is 4.39. The summed E-state index contributed by atoms with van der Waals surface area (Å²) in [5, 5.41) is 1.20. The van der Waals surface area contributed by atoms with Crippen molar-refractivity contribution in [3.8, 4) is 0 Å². The zero-order valence-corrected chi connectivity index (χ0v) is 11.4. The number of rotatable bonds is 6. The van der Waals surface area contributed by atoms with Gasteiger partial charge in [0.1, 0.15) is 0 Å². The van der Waals surface area contributed by atoms with E-state index in [0.29, 0.717) is 13.2 Å². The van der Waals surface area contributed by atoms with Crippen LogP contribution in [-0.4, -0.2) is 21.8 Å². The van der Waals surface area contributed by atoms with Crippen LogP contribution >= 0.6 is 0 Å². The molecule has 0 N–H and O–H groups in total. The van der Waals surface area contributed by atoms with Gasteiger partial charge in [-0.25, -0.2) is 0 Å². The Labute approximate surface area is 104 Å². The third-order valence-corrected chi connectivity index (χ3v) is 6.05. The molecule has 0 amide bonds. The van der Waals surface area contributed by atoms with Gasteiger partial charge in [-0.05, 0) is 36.7 Å². The highest BCUT2D eigenvalue weighted by molar-refractivity contribution is 6.92. The first kappa shape index (κ1) is 12.3. The Morgan fingerprint density at radius 2 is 1.82 bits per heavy atom. The molecule has 1 aliphatic carbocycles. The fourth-order valence-corrected chi connectivity index (χ4v) is 4.83. The molecule has 0 aliphatic heterocycles. The lowest BCUT2D eigenvalue weighted by atomic mass is 9.98. The van der Waals surface area contributed by atoms with Crippen molar-refractivity contribution in [3.05, 3.63) is 47.7 Å². The molecule has 0 aromatic heterocycles. The molecule has 0 spiro atoms. The number of hydrogen-bond donors (Lipinski definition) is 0. The van der Waals surface area contributed by atoms with Crippen molar-refractivity contribution in [2.45, 2.75) is 13.8 Å². The van der Waals surface area contributed by atoms with Gasteiger partial charge in [0.05, 0.1) is 0 Å². The Morgan fingerprint density at radius 3 is 2.35 bits per heavy atom. The summed E-state index contributed by atoms with van der Waals surface area (Å²) in [6, 6.07) is 8.32. The van der Waals surface area contributed by atoms with E-state index in [-0.39, 0.29) is 0 Å². The van der Waals surface area contributed by atoms with Gasteiger partial charge in [0.15, 0.2) is 0 Å². The highest BCUT2D eigenvalue weighted by Gasteiger charge is 2.43. The Bertz CT molecular complexity index is 445. The van der Waals surface area contributed by atoms with Crippen molar-refractivity contribution in [1.82, 2.24) is 0 Å². The summed E-state index contributed by atoms with van der Waals surface area (Å²) >= 11 is 0. The smallest absolute Gasteiger partial charge is 0.388 e. The van der Waals surface area contributed by atoms with Crippen molar-refractivity contribution < 1.29 is 8.85 Å². The van der Waals surface area contributed by atoms with E-state index in [4.69, 9.17) is 8.85 Å². The van der Waals surface area contributed by atoms with Crippen LogP contribution in [0.2, 0.25) is 0 Å². The molecule has 1 aromatic carbocycles. The van der Waals surface area contributed by atoms with E-state index in [2.05, 4.69) is 24.8 Å². The molecular weight excluding hydrogens is 228 g/mol. The predicted molar refractivity (Wildman–Crippen MR) is 73.5 cm³/mol. The molecule has 90 valence electrons. The second kappa shape index (κ2) is 5.00. The van der Waals surface area contributed by atoms with Gasteiger partial charge in [0, 0.05) is 18.4 Å². The van der Waals surface area contributed by atoms with Gasteiger partial charge in [0.25, 0.3) is 0 Å². The molecule has 1 aliphatic rings. The molecule has 0 heterocycles. The number of benzene rings is 1. The molecule has 2 nitrogen and oxygen atoms in total. The normalized spacial score (nSPS) is 13.6. The van der Waals surface area contributed by atoms with Crippen LogP contribution in [0.1, 0.15) is 25.0 Å². The van der Waals surface area contributed by atoms with Crippen molar-refractivity contribution in [3.63, 3.8) is 0 Å². The minimum atomic E-state index is -2.41. The summed E-state index contributed by atoms with van der Waals surface area (Å²) in [5.74, 6) is 0. The fourth-order valence-electron chi connectivity index (χ4n) is 2.17. The summed E-state index contributed by atoms with van der Waals surface area (Å²) in [6.07, 6.45) is 2.16. The van der Waals surface area contributed by atoms with Crippen molar-refractivity contribution in [2.75, 3.05) is 13.2 Å². The van der Waals surface area contributed by atoms with Crippen molar-refractivity contribution in [1.29, 1.82) is 0 Å². The maximum atomic E-state index is 5.91. The molecule has 0 atom stereocenters. The minimum Gasteiger partial charge on any atom is -0.388 e. The lowest BCUT2D eigenvalue weighted by Gasteiger charge is -2.34. The maximum Gasteiger partial charge on any atom is 0.399 e. The minimum absolute atomic E-state index is 0.651. The summed E-state index contributed by atoms with van der Waals surface area (Å²) in [4.78, 5) is 0. The fraction of sp³-hybridized carbons (Fsp3) is 0.286. The van der Waals surface area contributed by atoms with Crippen LogP contribution in [-0.2, 0) is 8.85 Å². The van der Waals surface area contributed by atoms with Crippen LogP contribution in [0.3, 0.4) is 0 Å². The lowest BCUT2D eigenvalue weighted by Crippen LogP contribution is -2.44. The van der Waals surface area contributed by atoms with E-state index >= 15 is 0 Å². The van der Waals surface area contributed by atoms with Gasteiger partial charge >= 0.3 is 8.56 Å². The molecule has 0 saturated heterocycles. The SMILES string of the molecule is C=C[Si](OCC)(OCC)C1=Cc2ccccc21. The Morgan fingerprint density at radius 1 is 1.18 bits per heavy atom. The van der Waals surface area contributed by atoms with E-state index in [1.54, 1.807) is 0 Å². The van der Waals surface area contributed by atoms with Crippen LogP contribution in [0, 0.1) is 0 Å². The van der Waals surface area contributed by atoms with Gasteiger partial charge < -0.3 is 8.85 Å². The zero-order chi connectivity index (χ0) is 12.3. The van der Waals surface area contributed by atoms with E-state index < -0.39 is 8.56 Å². The van der Waals surface area contributed by atoms with Crippen molar-refractivity contribution >= 4 is 19.8 Å². The molecule has 0 radical (unpaired) electrons. The lowest BCUT2D eigenvalue weighted by molar-refractivity contribution is 0.208. The Kier molecular flexibility index (Phi) is 3.62. The second-order valence-corrected chi connectivity index (χ2v) is 6.74. The third kappa shape index (κ3) is 2.01. The quantitative estimate of drug-likeness (QED) is 0.717. The van der Waals surface area contributed by atoms with E-state index in [1.165, 1.54) is 16.3 Å². The molecule has 0 unspecified atom stereocenters. The third-order valence-electron chi connectivity index (χ3n) is 2.91. The topological polar surface area (TPSA) is 18.5 Å². The average Bonchev–Trinajstić information content (AvgIpc) is 2.31. The molecule has 3 heteroatoms. The highest BCUT2D eigenvalue weighted by Crippen LogP contribution is 2.40. The van der Waals surface area contributed by atoms with Gasteiger partial charge in [-0.2, -0.15) is 0 Å². The van der Waals surface area contributed by atoms with Crippen molar-refractivity contribution in [2.24, 2.45) is 0 Å². The first-order valence-electron chi connectivity index (χ1n) is 6.00. The highest BCUT2D eigenvalue weighted by atomic mass is 28.4. The van der Waals surface area contributed by atoms with Gasteiger partial charge in [0.2, 0.25) is 0 Å². The maximum absolute atomic E-state index is 5.91. The monoisotopic (exact) mass is 246 g/mol. The molecule has 1 aromatic rings. The Hall–Kier alpha value is -1.16. The first-order valence-corrected chi connectivity index (χ1v) is 7.90.